The lowest BCUT2D eigenvalue weighted by molar-refractivity contribution is -0.133. The smallest absolute Gasteiger partial charge is 0.244 e. The molecule has 2 N–H and O–H groups in total. The number of hydrogen-bond donors (Lipinski definition) is 2. The molecule has 1 aromatic rings. The summed E-state index contributed by atoms with van der Waals surface area (Å²) in [5.74, 6) is -1.18. The summed E-state index contributed by atoms with van der Waals surface area (Å²) in [5.41, 5.74) is 0. The van der Waals surface area contributed by atoms with Gasteiger partial charge in [0.05, 0.1) is 6.04 Å². The molecular weight excluding hydrogens is 345 g/mol. The molecule has 2 rings (SSSR count). The number of carbonyl (C=O) groups excluding carboxylic acids is 1. The van der Waals surface area contributed by atoms with Crippen molar-refractivity contribution in [1.29, 1.82) is 0 Å². The van der Waals surface area contributed by atoms with Gasteiger partial charge >= 0.3 is 0 Å². The summed E-state index contributed by atoms with van der Waals surface area (Å²) in [6.45, 7) is 2.98. The molecule has 1 aliphatic rings. The van der Waals surface area contributed by atoms with E-state index in [2.05, 4.69) is 10.0 Å². The summed E-state index contributed by atoms with van der Waals surface area (Å²) in [4.78, 5) is 13.4. The molecular formula is C14H21ClFN3O3S. The van der Waals surface area contributed by atoms with Crippen molar-refractivity contribution in [3.63, 3.8) is 0 Å². The number of nitrogens with one attached hydrogen (secondary N) is 2. The van der Waals surface area contributed by atoms with Gasteiger partial charge in [0.15, 0.2) is 0 Å². The van der Waals surface area contributed by atoms with E-state index in [-0.39, 0.29) is 24.4 Å². The van der Waals surface area contributed by atoms with Gasteiger partial charge in [0.2, 0.25) is 15.9 Å². The highest BCUT2D eigenvalue weighted by molar-refractivity contribution is 7.89. The van der Waals surface area contributed by atoms with Crippen molar-refractivity contribution in [3.8, 4) is 0 Å². The number of sulfonamides is 1. The predicted octanol–water partition coefficient (Wildman–Crippen LogP) is 0.735. The van der Waals surface area contributed by atoms with Crippen molar-refractivity contribution in [2.45, 2.75) is 30.3 Å². The minimum absolute atomic E-state index is 0. The van der Waals surface area contributed by atoms with E-state index in [0.717, 1.165) is 19.0 Å². The van der Waals surface area contributed by atoms with Crippen LogP contribution in [0.5, 0.6) is 0 Å². The summed E-state index contributed by atoms with van der Waals surface area (Å²) >= 11 is 0. The molecule has 0 aromatic heterocycles. The number of rotatable bonds is 5. The van der Waals surface area contributed by atoms with Gasteiger partial charge in [0.25, 0.3) is 0 Å². The molecule has 1 heterocycles. The highest BCUT2D eigenvalue weighted by atomic mass is 35.5. The second kappa shape index (κ2) is 8.05. The zero-order chi connectivity index (χ0) is 16.3. The Bertz CT molecular complexity index is 650. The van der Waals surface area contributed by atoms with Gasteiger partial charge in [0.1, 0.15) is 10.7 Å². The topological polar surface area (TPSA) is 78.5 Å². The first kappa shape index (κ1) is 19.8. The van der Waals surface area contributed by atoms with Crippen LogP contribution >= 0.6 is 12.4 Å². The Morgan fingerprint density at radius 1 is 1.43 bits per heavy atom. The molecule has 1 fully saturated rings. The number of carbonyl (C=O) groups is 1. The van der Waals surface area contributed by atoms with Gasteiger partial charge in [0, 0.05) is 19.6 Å². The van der Waals surface area contributed by atoms with Crippen molar-refractivity contribution in [2.75, 3.05) is 20.1 Å². The zero-order valence-corrected chi connectivity index (χ0v) is 14.6. The number of halogens is 2. The first-order valence-corrected chi connectivity index (χ1v) is 8.55. The average molecular weight is 366 g/mol. The summed E-state index contributed by atoms with van der Waals surface area (Å²) in [5, 5.41) is 3.15. The van der Waals surface area contributed by atoms with Crippen molar-refractivity contribution < 1.29 is 17.6 Å². The van der Waals surface area contributed by atoms with Crippen LogP contribution in [0.25, 0.3) is 0 Å². The summed E-state index contributed by atoms with van der Waals surface area (Å²) in [6.07, 6.45) is 0.828. The Morgan fingerprint density at radius 2 is 2.09 bits per heavy atom. The van der Waals surface area contributed by atoms with E-state index < -0.39 is 26.8 Å². The van der Waals surface area contributed by atoms with Crippen molar-refractivity contribution in [1.82, 2.24) is 14.9 Å². The van der Waals surface area contributed by atoms with Gasteiger partial charge in [-0.05, 0) is 32.0 Å². The van der Waals surface area contributed by atoms with Crippen molar-refractivity contribution >= 4 is 28.3 Å². The van der Waals surface area contributed by atoms with Crippen molar-refractivity contribution in [3.05, 3.63) is 30.1 Å². The Balaban J connectivity index is 0.00000264. The van der Waals surface area contributed by atoms with Crippen LogP contribution in [0.15, 0.2) is 29.2 Å². The van der Waals surface area contributed by atoms with Crippen LogP contribution in [-0.4, -0.2) is 51.4 Å². The third kappa shape index (κ3) is 4.63. The number of nitrogens with zero attached hydrogens (tertiary/aromatic N) is 1. The minimum Gasteiger partial charge on any atom is -0.340 e. The van der Waals surface area contributed by atoms with Gasteiger partial charge in [-0.1, -0.05) is 12.1 Å². The van der Waals surface area contributed by atoms with E-state index in [9.17, 15) is 17.6 Å². The van der Waals surface area contributed by atoms with Gasteiger partial charge in [-0.25, -0.2) is 12.8 Å². The quantitative estimate of drug-likeness (QED) is 0.806. The van der Waals surface area contributed by atoms with Gasteiger partial charge in [-0.15, -0.1) is 12.4 Å². The lowest BCUT2D eigenvalue weighted by atomic mass is 10.2. The van der Waals surface area contributed by atoms with Gasteiger partial charge in [-0.2, -0.15) is 4.72 Å². The van der Waals surface area contributed by atoms with E-state index in [1.54, 1.807) is 7.05 Å². The molecule has 1 aliphatic heterocycles. The largest absolute Gasteiger partial charge is 0.340 e. The maximum Gasteiger partial charge on any atom is 0.244 e. The Hall–Kier alpha value is -1.22. The van der Waals surface area contributed by atoms with E-state index in [1.807, 2.05) is 0 Å². The summed E-state index contributed by atoms with van der Waals surface area (Å²) in [6, 6.07) is 4.16. The molecule has 0 bridgehead atoms. The van der Waals surface area contributed by atoms with Crippen LogP contribution in [0.1, 0.15) is 13.3 Å². The molecule has 9 heteroatoms. The third-order valence-electron chi connectivity index (χ3n) is 3.76. The van der Waals surface area contributed by atoms with Crippen molar-refractivity contribution in [2.24, 2.45) is 0 Å². The van der Waals surface area contributed by atoms with Crippen LogP contribution < -0.4 is 10.0 Å². The molecule has 2 unspecified atom stereocenters. The van der Waals surface area contributed by atoms with Gasteiger partial charge < -0.3 is 10.2 Å². The van der Waals surface area contributed by atoms with E-state index in [1.165, 1.54) is 30.0 Å². The lowest BCUT2D eigenvalue weighted by Gasteiger charge is -2.27. The maximum atomic E-state index is 13.6. The fourth-order valence-electron chi connectivity index (χ4n) is 2.46. The molecule has 1 saturated heterocycles. The normalized spacial score (nSPS) is 19.0. The van der Waals surface area contributed by atoms with E-state index in [0.29, 0.717) is 6.54 Å². The molecule has 2 atom stereocenters. The second-order valence-electron chi connectivity index (χ2n) is 5.37. The van der Waals surface area contributed by atoms with E-state index >= 15 is 0 Å². The fourth-order valence-corrected chi connectivity index (χ4v) is 3.74. The maximum absolute atomic E-state index is 13.6. The van der Waals surface area contributed by atoms with Crippen LogP contribution in [0.3, 0.4) is 0 Å². The average Bonchev–Trinajstić information content (AvgIpc) is 2.99. The first-order chi connectivity index (χ1) is 10.3. The molecule has 0 aliphatic carbocycles. The van der Waals surface area contributed by atoms with Gasteiger partial charge in [-0.3, -0.25) is 4.79 Å². The Morgan fingerprint density at radius 3 is 2.65 bits per heavy atom. The van der Waals surface area contributed by atoms with Crippen LogP contribution in [0.2, 0.25) is 0 Å². The molecule has 130 valence electrons. The monoisotopic (exact) mass is 365 g/mol. The molecule has 6 nitrogen and oxygen atoms in total. The standard InChI is InChI=1S/C14H20FN3O3S.ClH/c1-10(14(19)18(2)11-7-8-16-9-11)17-22(20,21)13-6-4-3-5-12(13)15;/h3-6,10-11,16-17H,7-9H2,1-2H3;1H. The molecule has 1 amide bonds. The summed E-state index contributed by atoms with van der Waals surface area (Å²) < 4.78 is 40.2. The second-order valence-corrected chi connectivity index (χ2v) is 7.05. The van der Waals surface area contributed by atoms with Crippen LogP contribution in [0.4, 0.5) is 4.39 Å². The van der Waals surface area contributed by atoms with E-state index in [4.69, 9.17) is 0 Å². The fraction of sp³-hybridized carbons (Fsp3) is 0.500. The minimum atomic E-state index is -4.08. The summed E-state index contributed by atoms with van der Waals surface area (Å²) in [7, 11) is -2.43. The lowest BCUT2D eigenvalue weighted by Crippen LogP contribution is -2.49. The molecule has 0 spiro atoms. The first-order valence-electron chi connectivity index (χ1n) is 7.07. The number of likely N-dealkylation sites (N-methyl/N-ethyl adjacent to an activating group) is 1. The number of hydrogen-bond acceptors (Lipinski definition) is 4. The highest BCUT2D eigenvalue weighted by Gasteiger charge is 2.30. The molecule has 0 saturated carbocycles. The van der Waals surface area contributed by atoms with Crippen LogP contribution in [-0.2, 0) is 14.8 Å². The Kier molecular flexibility index (Phi) is 6.94. The number of benzene rings is 1. The molecule has 23 heavy (non-hydrogen) atoms. The number of amides is 1. The molecule has 1 aromatic carbocycles. The zero-order valence-electron chi connectivity index (χ0n) is 13.0. The third-order valence-corrected chi connectivity index (χ3v) is 5.33. The molecule has 0 radical (unpaired) electrons. The SMILES string of the molecule is CC(NS(=O)(=O)c1ccccc1F)C(=O)N(C)C1CCNC1.Cl. The van der Waals surface area contributed by atoms with Crippen LogP contribution in [0, 0.1) is 5.82 Å². The highest BCUT2D eigenvalue weighted by Crippen LogP contribution is 2.14. The predicted molar refractivity (Wildman–Crippen MR) is 87.5 cm³/mol. The Labute approximate surface area is 141 Å².